The van der Waals surface area contributed by atoms with E-state index in [0.29, 0.717) is 0 Å². The molecule has 0 aromatic heterocycles. The highest BCUT2D eigenvalue weighted by Crippen LogP contribution is 2.16. The minimum atomic E-state index is -0.972. The summed E-state index contributed by atoms with van der Waals surface area (Å²) in [5, 5.41) is 21.0. The van der Waals surface area contributed by atoms with Gasteiger partial charge in [-0.25, -0.2) is 0 Å². The number of benzene rings is 1. The molecule has 0 aliphatic carbocycles. The minimum absolute atomic E-state index is 0.423. The van der Waals surface area contributed by atoms with E-state index in [1.165, 1.54) is 0 Å². The van der Waals surface area contributed by atoms with Crippen LogP contribution in [0.25, 0.3) is 0 Å². The molecule has 17 heavy (non-hydrogen) atoms. The fourth-order valence-electron chi connectivity index (χ4n) is 1.49. The van der Waals surface area contributed by atoms with Crippen molar-refractivity contribution in [3.8, 4) is 0 Å². The van der Waals surface area contributed by atoms with Gasteiger partial charge >= 0.3 is 0 Å². The van der Waals surface area contributed by atoms with E-state index in [2.05, 4.69) is 5.32 Å². The Morgan fingerprint density at radius 3 is 2.47 bits per heavy atom. The normalized spacial score (nSPS) is 16.0. The topological polar surface area (TPSA) is 95.6 Å². The van der Waals surface area contributed by atoms with E-state index in [9.17, 15) is 9.90 Å². The van der Waals surface area contributed by atoms with Crippen LogP contribution in [0.15, 0.2) is 30.3 Å². The number of aliphatic hydroxyl groups is 2. The maximum absolute atomic E-state index is 11.6. The van der Waals surface area contributed by atoms with Crippen molar-refractivity contribution in [2.24, 2.45) is 5.73 Å². The molecule has 5 N–H and O–H groups in total. The van der Waals surface area contributed by atoms with Gasteiger partial charge in [0.2, 0.25) is 5.91 Å². The van der Waals surface area contributed by atoms with Gasteiger partial charge in [0.25, 0.3) is 0 Å². The standard InChI is InChI=1S/C12H18N2O3/c1-8(16)11(9-5-3-2-4-6-9)14-12(17)10(13)7-15/h2-6,8,10-11,15-16H,7,13H2,1H3,(H,14,17)/t8-,10+,11?/m0/s1. The first-order valence-corrected chi connectivity index (χ1v) is 5.46. The van der Waals surface area contributed by atoms with Gasteiger partial charge in [0.15, 0.2) is 0 Å². The smallest absolute Gasteiger partial charge is 0.239 e. The molecular weight excluding hydrogens is 220 g/mol. The number of nitrogens with one attached hydrogen (secondary N) is 1. The van der Waals surface area contributed by atoms with Gasteiger partial charge in [-0.05, 0) is 12.5 Å². The number of hydrogen-bond acceptors (Lipinski definition) is 4. The summed E-state index contributed by atoms with van der Waals surface area (Å²) < 4.78 is 0. The van der Waals surface area contributed by atoms with Crippen molar-refractivity contribution in [3.63, 3.8) is 0 Å². The van der Waals surface area contributed by atoms with Crippen molar-refractivity contribution in [3.05, 3.63) is 35.9 Å². The van der Waals surface area contributed by atoms with E-state index in [-0.39, 0.29) is 0 Å². The van der Waals surface area contributed by atoms with Crippen molar-refractivity contribution >= 4 is 5.91 Å². The van der Waals surface area contributed by atoms with Crippen LogP contribution in [0.3, 0.4) is 0 Å². The van der Waals surface area contributed by atoms with Gasteiger partial charge in [-0.15, -0.1) is 0 Å². The Morgan fingerprint density at radius 1 is 1.41 bits per heavy atom. The third-order valence-corrected chi connectivity index (χ3v) is 2.47. The second-order valence-electron chi connectivity index (χ2n) is 3.93. The molecule has 5 heteroatoms. The molecule has 1 unspecified atom stereocenters. The zero-order chi connectivity index (χ0) is 12.8. The molecule has 1 aromatic rings. The van der Waals surface area contributed by atoms with Crippen molar-refractivity contribution in [1.82, 2.24) is 5.32 Å². The SMILES string of the molecule is C[C@H](O)C(NC(=O)[C@H](N)CO)c1ccccc1. The molecule has 0 saturated heterocycles. The second kappa shape index (κ2) is 6.34. The van der Waals surface area contributed by atoms with Crippen LogP contribution in [-0.4, -0.2) is 34.9 Å². The van der Waals surface area contributed by atoms with Gasteiger partial charge in [-0.2, -0.15) is 0 Å². The maximum atomic E-state index is 11.6. The zero-order valence-corrected chi connectivity index (χ0v) is 9.71. The fraction of sp³-hybridized carbons (Fsp3) is 0.417. The third kappa shape index (κ3) is 3.81. The number of rotatable bonds is 5. The van der Waals surface area contributed by atoms with Crippen LogP contribution in [0.4, 0.5) is 0 Å². The lowest BCUT2D eigenvalue weighted by Gasteiger charge is -2.23. The lowest BCUT2D eigenvalue weighted by molar-refractivity contribution is -0.124. The number of hydrogen-bond donors (Lipinski definition) is 4. The van der Waals surface area contributed by atoms with Gasteiger partial charge in [0, 0.05) is 0 Å². The molecule has 94 valence electrons. The van der Waals surface area contributed by atoms with Crippen LogP contribution in [-0.2, 0) is 4.79 Å². The number of aliphatic hydroxyl groups excluding tert-OH is 2. The van der Waals surface area contributed by atoms with Crippen LogP contribution >= 0.6 is 0 Å². The van der Waals surface area contributed by atoms with Crippen LogP contribution in [0.5, 0.6) is 0 Å². The third-order valence-electron chi connectivity index (χ3n) is 2.47. The van der Waals surface area contributed by atoms with Crippen LogP contribution in [0.1, 0.15) is 18.5 Å². The van der Waals surface area contributed by atoms with E-state index in [1.807, 2.05) is 30.3 Å². The fourth-order valence-corrected chi connectivity index (χ4v) is 1.49. The molecule has 1 amide bonds. The maximum Gasteiger partial charge on any atom is 0.239 e. The van der Waals surface area contributed by atoms with Crippen LogP contribution in [0.2, 0.25) is 0 Å². The van der Waals surface area contributed by atoms with Crippen molar-refractivity contribution in [1.29, 1.82) is 0 Å². The lowest BCUT2D eigenvalue weighted by atomic mass is 10.0. The van der Waals surface area contributed by atoms with E-state index in [4.69, 9.17) is 10.8 Å². The van der Waals surface area contributed by atoms with Gasteiger partial charge < -0.3 is 21.3 Å². The number of carbonyl (C=O) groups is 1. The second-order valence-corrected chi connectivity index (χ2v) is 3.93. The molecular formula is C12H18N2O3. The summed E-state index contributed by atoms with van der Waals surface area (Å²) in [5.74, 6) is -0.484. The van der Waals surface area contributed by atoms with E-state index >= 15 is 0 Å². The largest absolute Gasteiger partial charge is 0.394 e. The zero-order valence-electron chi connectivity index (χ0n) is 9.71. The number of nitrogens with two attached hydrogens (primary N) is 1. The van der Waals surface area contributed by atoms with Crippen LogP contribution in [0, 0.1) is 0 Å². The first-order chi connectivity index (χ1) is 8.06. The Labute approximate surface area is 100 Å². The molecule has 0 radical (unpaired) electrons. The predicted molar refractivity (Wildman–Crippen MR) is 64.1 cm³/mol. The monoisotopic (exact) mass is 238 g/mol. The summed E-state index contributed by atoms with van der Waals surface area (Å²) in [6, 6.07) is 7.61. The summed E-state index contributed by atoms with van der Waals surface area (Å²) >= 11 is 0. The molecule has 5 nitrogen and oxygen atoms in total. The van der Waals surface area contributed by atoms with Gasteiger partial charge in [0.05, 0.1) is 18.8 Å². The summed E-state index contributed by atoms with van der Waals surface area (Å²) in [5.41, 5.74) is 6.19. The van der Waals surface area contributed by atoms with Crippen LogP contribution < -0.4 is 11.1 Å². The van der Waals surface area contributed by atoms with Gasteiger partial charge in [-0.1, -0.05) is 30.3 Å². The molecule has 0 saturated carbocycles. The molecule has 1 aromatic carbocycles. The highest BCUT2D eigenvalue weighted by Gasteiger charge is 2.22. The Bertz CT molecular complexity index is 354. The van der Waals surface area contributed by atoms with Gasteiger partial charge in [-0.3, -0.25) is 4.79 Å². The summed E-state index contributed by atoms with van der Waals surface area (Å²) in [6.07, 6.45) is -0.743. The first kappa shape index (κ1) is 13.6. The summed E-state index contributed by atoms with van der Waals surface area (Å²) in [7, 11) is 0. The summed E-state index contributed by atoms with van der Waals surface area (Å²) in [6.45, 7) is 1.16. The molecule has 1 rings (SSSR count). The molecule has 0 spiro atoms. The first-order valence-electron chi connectivity index (χ1n) is 5.46. The molecule has 0 heterocycles. The molecule has 0 bridgehead atoms. The van der Waals surface area contributed by atoms with Crippen molar-refractivity contribution in [2.75, 3.05) is 6.61 Å². The predicted octanol–water partition coefficient (Wildman–Crippen LogP) is -0.456. The lowest BCUT2D eigenvalue weighted by Crippen LogP contribution is -2.46. The number of carbonyl (C=O) groups excluding carboxylic acids is 1. The molecule has 0 aliphatic heterocycles. The Balaban J connectivity index is 2.78. The Hall–Kier alpha value is -1.43. The molecule has 0 fully saturated rings. The average Bonchev–Trinajstić information content (AvgIpc) is 2.35. The summed E-state index contributed by atoms with van der Waals surface area (Å²) in [4.78, 5) is 11.6. The minimum Gasteiger partial charge on any atom is -0.394 e. The Kier molecular flexibility index (Phi) is 5.09. The highest BCUT2D eigenvalue weighted by atomic mass is 16.3. The molecule has 0 aliphatic rings. The van der Waals surface area contributed by atoms with Gasteiger partial charge in [0.1, 0.15) is 6.04 Å². The van der Waals surface area contributed by atoms with Crippen molar-refractivity contribution < 1.29 is 15.0 Å². The van der Waals surface area contributed by atoms with Crippen molar-refractivity contribution in [2.45, 2.75) is 25.1 Å². The quantitative estimate of drug-likeness (QED) is 0.558. The van der Waals surface area contributed by atoms with E-state index < -0.39 is 30.7 Å². The van der Waals surface area contributed by atoms with E-state index in [0.717, 1.165) is 5.56 Å². The Morgan fingerprint density at radius 2 is 2.00 bits per heavy atom. The number of amides is 1. The highest BCUT2D eigenvalue weighted by molar-refractivity contribution is 5.82. The van der Waals surface area contributed by atoms with E-state index in [1.54, 1.807) is 6.92 Å². The molecule has 3 atom stereocenters. The average molecular weight is 238 g/mol.